The van der Waals surface area contributed by atoms with E-state index >= 15 is 35.1 Å². The summed E-state index contributed by atoms with van der Waals surface area (Å²) in [6.07, 6.45) is -1.96. The topological polar surface area (TPSA) is 38.0 Å². The lowest BCUT2D eigenvalue weighted by Crippen LogP contribution is -2.81. The summed E-state index contributed by atoms with van der Waals surface area (Å²) in [7, 11) is -1.15. The van der Waals surface area contributed by atoms with E-state index in [9.17, 15) is 61.7 Å². The molecule has 0 bridgehead atoms. The van der Waals surface area contributed by atoms with E-state index in [0.717, 1.165) is 0 Å². The fraction of sp³-hybridized carbons (Fsp3) is 0.0526. The fourth-order valence-electron chi connectivity index (χ4n) is 6.61. The molecule has 1 heterocycles. The predicted octanol–water partition coefficient (Wildman–Crippen LogP) is 7.44. The largest absolute Gasteiger partial charge is 0.287 e. The van der Waals surface area contributed by atoms with Crippen LogP contribution in [0.3, 0.4) is 0 Å². The number of Topliss-reactive ketones (excluding diaryl/α,β-unsaturated/α-hetero) is 1. The zero-order valence-corrected chi connectivity index (χ0v) is 31.0. The van der Waals surface area contributed by atoms with Crippen LogP contribution in [-0.2, 0) is 17.3 Å². The second-order valence-corrected chi connectivity index (χ2v) is 14.1. The van der Waals surface area contributed by atoms with Crippen molar-refractivity contribution in [2.24, 2.45) is 0 Å². The number of hydrogen-bond acceptors (Lipinski definition) is 2. The number of nitrogens with zero attached hydrogens (tertiary/aromatic N) is 1. The van der Waals surface area contributed by atoms with Crippen LogP contribution < -0.4 is 26.4 Å². The molecule has 0 fully saturated rings. The van der Waals surface area contributed by atoms with Gasteiger partial charge in [0, 0.05) is 28.8 Å². The maximum atomic E-state index is 15.4. The molecule has 0 saturated carbocycles. The summed E-state index contributed by atoms with van der Waals surface area (Å²) in [6.45, 7) is 0.259. The number of carbonyl (C=O) groups excluding carboxylic acids is 1. The van der Waals surface area contributed by atoms with Gasteiger partial charge in [0.1, 0.15) is 52.7 Å². The summed E-state index contributed by atoms with van der Waals surface area (Å²) >= 11 is 0. The molecule has 3 nitrogen and oxygen atoms in total. The summed E-state index contributed by atoms with van der Waals surface area (Å²) < 4.78 is 307. The molecule has 6 rings (SSSR count). The molecule has 1 aromatic heterocycles. The Balaban J connectivity index is 0.000000345. The molecular weight excluding hydrogens is 925 g/mol. The zero-order chi connectivity index (χ0) is 47.3. The second-order valence-electron chi connectivity index (χ2n) is 12.7. The van der Waals surface area contributed by atoms with Gasteiger partial charge in [0.2, 0.25) is 12.3 Å². The van der Waals surface area contributed by atoms with Gasteiger partial charge in [-0.05, 0) is 12.1 Å². The van der Waals surface area contributed by atoms with Crippen LogP contribution in [0.5, 0.6) is 0 Å². The molecule has 0 radical (unpaired) electrons. The van der Waals surface area contributed by atoms with E-state index in [-0.39, 0.29) is 12.3 Å². The molecule has 0 aliphatic rings. The van der Waals surface area contributed by atoms with Gasteiger partial charge in [-0.1, -0.05) is 18.2 Å². The molecule has 0 N–H and O–H groups in total. The number of aromatic nitrogens is 1. The maximum Gasteiger partial charge on any atom is 0.228 e. The lowest BCUT2D eigenvalue weighted by atomic mass is 9.12. The molecule has 6 aromatic rings. The summed E-state index contributed by atoms with van der Waals surface area (Å²) in [5.41, 5.74) is -13.8. The molecule has 0 aliphatic carbocycles. The normalized spacial score (nSPS) is 12.0. The number of benzene rings is 5. The van der Waals surface area contributed by atoms with Crippen molar-refractivity contribution in [3.05, 3.63) is 177 Å². The highest BCUT2D eigenvalue weighted by Crippen LogP contribution is 2.31. The first-order chi connectivity index (χ1) is 29.4. The second kappa shape index (κ2) is 17.8. The van der Waals surface area contributed by atoms with Crippen LogP contribution in [0.4, 0.5) is 87.8 Å². The van der Waals surface area contributed by atoms with Crippen molar-refractivity contribution in [3.63, 3.8) is 0 Å². The van der Waals surface area contributed by atoms with Gasteiger partial charge in [-0.15, -0.1) is 21.9 Å². The van der Waals surface area contributed by atoms with Crippen LogP contribution in [-0.4, -0.2) is 22.4 Å². The Morgan fingerprint density at radius 2 is 0.667 bits per heavy atom. The van der Waals surface area contributed by atoms with E-state index in [4.69, 9.17) is 0 Å². The summed E-state index contributed by atoms with van der Waals surface area (Å²) in [5, 5.41) is 0. The highest BCUT2D eigenvalue weighted by atomic mass is 32.2. The third-order valence-corrected chi connectivity index (χ3v) is 10.3. The van der Waals surface area contributed by atoms with Crippen LogP contribution in [0, 0.1) is 116 Å². The van der Waals surface area contributed by atoms with Crippen molar-refractivity contribution < 1.29 is 101 Å². The number of pyridine rings is 1. The molecule has 25 heteroatoms. The third kappa shape index (κ3) is 7.68. The van der Waals surface area contributed by atoms with Crippen LogP contribution in [0.2, 0.25) is 0 Å². The Hall–Kier alpha value is -6.27. The van der Waals surface area contributed by atoms with Gasteiger partial charge >= 0.3 is 0 Å². The van der Waals surface area contributed by atoms with Gasteiger partial charge in [0.25, 0.3) is 0 Å². The fourth-order valence-corrected chi connectivity index (χ4v) is 7.37. The van der Waals surface area contributed by atoms with Crippen molar-refractivity contribution in [2.45, 2.75) is 11.4 Å². The van der Waals surface area contributed by atoms with Gasteiger partial charge in [0.15, 0.2) is 82.2 Å². The van der Waals surface area contributed by atoms with Crippen LogP contribution in [0.15, 0.2) is 59.8 Å². The lowest BCUT2D eigenvalue weighted by molar-refractivity contribution is -0.683. The first-order valence-electron chi connectivity index (χ1n) is 16.5. The van der Waals surface area contributed by atoms with Crippen molar-refractivity contribution in [1.82, 2.24) is 0 Å². The molecule has 5 aromatic carbocycles. The van der Waals surface area contributed by atoms with Crippen molar-refractivity contribution in [3.8, 4) is 0 Å². The van der Waals surface area contributed by atoms with Crippen molar-refractivity contribution in [2.75, 3.05) is 6.26 Å². The number of halogens is 20. The van der Waals surface area contributed by atoms with Crippen molar-refractivity contribution in [1.29, 1.82) is 0 Å². The molecule has 0 amide bonds. The van der Waals surface area contributed by atoms with Crippen LogP contribution in [0.1, 0.15) is 10.4 Å². The molecule has 0 spiro atoms. The zero-order valence-electron chi connectivity index (χ0n) is 30.2. The van der Waals surface area contributed by atoms with E-state index in [2.05, 4.69) is 0 Å². The van der Waals surface area contributed by atoms with Gasteiger partial charge in [0.05, 0.1) is 10.8 Å². The first kappa shape index (κ1) is 47.8. The predicted molar refractivity (Wildman–Crippen MR) is 179 cm³/mol. The number of hydrogen-bond donors (Lipinski definition) is 0. The lowest BCUT2D eigenvalue weighted by Gasteiger charge is -2.44. The van der Waals surface area contributed by atoms with E-state index in [1.165, 1.54) is 0 Å². The number of carbonyl (C=O) groups is 1. The average Bonchev–Trinajstić information content (AvgIpc) is 3.26. The Labute approximate surface area is 340 Å². The van der Waals surface area contributed by atoms with Gasteiger partial charge in [-0.2, -0.15) is 4.57 Å². The minimum atomic E-state index is -7.22. The van der Waals surface area contributed by atoms with Crippen LogP contribution >= 0.6 is 0 Å². The third-order valence-electron chi connectivity index (χ3n) is 9.31. The van der Waals surface area contributed by atoms with Gasteiger partial charge < -0.3 is 0 Å². The Kier molecular flexibility index (Phi) is 13.5. The molecule has 63 heavy (non-hydrogen) atoms. The summed E-state index contributed by atoms with van der Waals surface area (Å²) in [4.78, 5) is 12.8. The Morgan fingerprint density at radius 1 is 0.413 bits per heavy atom. The van der Waals surface area contributed by atoms with Gasteiger partial charge in [-0.25, -0.2) is 87.8 Å². The van der Waals surface area contributed by atoms with E-state index in [1.807, 2.05) is 30.6 Å². The maximum absolute atomic E-state index is 15.4. The smallest absolute Gasteiger partial charge is 0.228 e. The SMILES string of the molecule is CS(=O)c1ccccc1C(=O)C[n+]1ccccc1.Fc1c(F)c(F)c([B-](c2c(F)c(F)c(F)c(F)c2F)(c2c(F)c(F)c(F)c(F)c2F)c2c(F)c(F)c(F)c(F)c2F)c(F)c1F. The first-order valence-corrected chi connectivity index (χ1v) is 18.1. The summed E-state index contributed by atoms with van der Waals surface area (Å²) in [6, 6.07) is 12.7. The minimum Gasteiger partial charge on any atom is -0.287 e. The molecule has 0 saturated heterocycles. The highest BCUT2D eigenvalue weighted by molar-refractivity contribution is 7.84. The molecule has 1 atom stereocenters. The Bertz CT molecular complexity index is 2500. The van der Waals surface area contributed by atoms with E-state index < -0.39 is 155 Å². The summed E-state index contributed by atoms with van der Waals surface area (Å²) in [5.74, 6) is -71.4. The standard InChI is InChI=1S/C24BF20.C14H14NO2S/c26-5-1(6(27)14(35)21(42)13(5)34)25(2-7(28)15(36)22(43)16(37)8(2)29,3-9(30)17(38)23(44)18(39)10(3)31)4-11(32)19(40)24(45)20(41)12(4)33;1-18(17)14-8-4-3-7-12(14)13(16)11-15-9-5-2-6-10-15/h;2-10H,11H2,1H3/q-1;+1. The van der Waals surface area contributed by atoms with Crippen LogP contribution in [0.25, 0.3) is 0 Å². The quantitative estimate of drug-likeness (QED) is 0.0398. The van der Waals surface area contributed by atoms with Crippen molar-refractivity contribution >= 4 is 44.6 Å². The van der Waals surface area contributed by atoms with E-state index in [1.54, 1.807) is 35.1 Å². The average molecular weight is 939 g/mol. The molecule has 0 aliphatic heterocycles. The van der Waals surface area contributed by atoms with E-state index in [0.29, 0.717) is 10.5 Å². The highest BCUT2D eigenvalue weighted by Gasteiger charge is 2.52. The minimum absolute atomic E-state index is 0.0306. The molecule has 332 valence electrons. The molecule has 1 unspecified atom stereocenters. The number of rotatable bonds is 8. The molecular formula is C38H14BF20NO2S. The monoisotopic (exact) mass is 939 g/mol. The Morgan fingerprint density at radius 3 is 0.937 bits per heavy atom. The number of ketones is 1. The van der Waals surface area contributed by atoms with Gasteiger partial charge in [-0.3, -0.25) is 9.00 Å².